The van der Waals surface area contributed by atoms with Gasteiger partial charge in [0.25, 0.3) is 0 Å². The number of halogens is 1. The van der Waals surface area contributed by atoms with Crippen LogP contribution >= 0.6 is 12.4 Å². The standard InChI is InChI=1S/C22H45N.ClH/c1-4-7-8-9-10-11-12-13-14-15-16-17-18-19-20-21-22-23(5-2)6-3;/h21-22H,4-20H2,1-3H3;1H. The van der Waals surface area contributed by atoms with Crippen molar-refractivity contribution < 1.29 is 0 Å². The van der Waals surface area contributed by atoms with Crippen LogP contribution in [0.5, 0.6) is 0 Å². The van der Waals surface area contributed by atoms with Crippen LogP contribution in [0.15, 0.2) is 12.3 Å². The van der Waals surface area contributed by atoms with Gasteiger partial charge in [-0.1, -0.05) is 96.5 Å². The lowest BCUT2D eigenvalue weighted by Gasteiger charge is -2.14. The molecule has 0 aliphatic rings. The molecule has 0 rings (SSSR count). The summed E-state index contributed by atoms with van der Waals surface area (Å²) in [5.74, 6) is 0. The van der Waals surface area contributed by atoms with Gasteiger partial charge in [0.15, 0.2) is 0 Å². The number of unbranched alkanes of at least 4 members (excludes halogenated alkanes) is 14. The van der Waals surface area contributed by atoms with E-state index >= 15 is 0 Å². The van der Waals surface area contributed by atoms with Crippen molar-refractivity contribution in [3.8, 4) is 0 Å². The van der Waals surface area contributed by atoms with E-state index in [2.05, 4.69) is 37.9 Å². The predicted octanol–water partition coefficient (Wildman–Crippen LogP) is 8.14. The Labute approximate surface area is 160 Å². The third kappa shape index (κ3) is 19.9. The average Bonchev–Trinajstić information content (AvgIpc) is 2.58. The molecule has 0 unspecified atom stereocenters. The molecule has 0 saturated carbocycles. The van der Waals surface area contributed by atoms with Gasteiger partial charge in [-0.15, -0.1) is 12.4 Å². The van der Waals surface area contributed by atoms with E-state index in [0.717, 1.165) is 13.1 Å². The molecule has 1 nitrogen and oxygen atoms in total. The Morgan fingerprint density at radius 2 is 0.917 bits per heavy atom. The van der Waals surface area contributed by atoms with Crippen LogP contribution in [-0.2, 0) is 0 Å². The molecule has 0 aromatic rings. The highest BCUT2D eigenvalue weighted by Crippen LogP contribution is 2.13. The molecule has 0 aliphatic carbocycles. The van der Waals surface area contributed by atoms with Crippen molar-refractivity contribution in [2.24, 2.45) is 0 Å². The zero-order valence-corrected chi connectivity index (χ0v) is 17.8. The van der Waals surface area contributed by atoms with Gasteiger partial charge < -0.3 is 4.90 Å². The third-order valence-electron chi connectivity index (χ3n) is 4.85. The van der Waals surface area contributed by atoms with Crippen LogP contribution in [0.4, 0.5) is 0 Å². The lowest BCUT2D eigenvalue weighted by Crippen LogP contribution is -2.14. The lowest BCUT2D eigenvalue weighted by molar-refractivity contribution is 0.417. The van der Waals surface area contributed by atoms with E-state index in [9.17, 15) is 0 Å². The molecule has 0 amide bonds. The Balaban J connectivity index is 0. The minimum Gasteiger partial charge on any atom is -0.378 e. The highest BCUT2D eigenvalue weighted by Gasteiger charge is 1.94. The van der Waals surface area contributed by atoms with E-state index < -0.39 is 0 Å². The van der Waals surface area contributed by atoms with Gasteiger partial charge in [0.2, 0.25) is 0 Å². The van der Waals surface area contributed by atoms with Crippen molar-refractivity contribution in [3.05, 3.63) is 12.3 Å². The van der Waals surface area contributed by atoms with Gasteiger partial charge in [0.05, 0.1) is 0 Å². The van der Waals surface area contributed by atoms with Crippen LogP contribution in [-0.4, -0.2) is 18.0 Å². The number of nitrogens with zero attached hydrogens (tertiary/aromatic N) is 1. The molecule has 0 bridgehead atoms. The summed E-state index contributed by atoms with van der Waals surface area (Å²) in [5.41, 5.74) is 0. The number of allylic oxidation sites excluding steroid dienone is 1. The third-order valence-corrected chi connectivity index (χ3v) is 4.85. The number of hydrogen-bond acceptors (Lipinski definition) is 1. The highest BCUT2D eigenvalue weighted by atomic mass is 35.5. The maximum atomic E-state index is 2.36. The van der Waals surface area contributed by atoms with Crippen LogP contribution in [0.3, 0.4) is 0 Å². The molecule has 0 saturated heterocycles. The van der Waals surface area contributed by atoms with Gasteiger partial charge in [-0.25, -0.2) is 0 Å². The molecule has 0 heterocycles. The summed E-state index contributed by atoms with van der Waals surface area (Å²) in [4.78, 5) is 2.36. The first-order valence-electron chi connectivity index (χ1n) is 10.8. The smallest absolute Gasteiger partial charge is 0.0143 e. The van der Waals surface area contributed by atoms with Crippen molar-refractivity contribution in [2.45, 2.75) is 117 Å². The maximum Gasteiger partial charge on any atom is 0.0143 e. The Bertz CT molecular complexity index is 236. The Morgan fingerprint density at radius 1 is 0.542 bits per heavy atom. The highest BCUT2D eigenvalue weighted by molar-refractivity contribution is 5.85. The average molecular weight is 360 g/mol. The lowest BCUT2D eigenvalue weighted by atomic mass is 10.0. The molecular formula is C22H46ClN. The van der Waals surface area contributed by atoms with Gasteiger partial charge in [-0.05, 0) is 32.9 Å². The van der Waals surface area contributed by atoms with E-state index in [1.807, 2.05) is 0 Å². The van der Waals surface area contributed by atoms with Gasteiger partial charge in [0, 0.05) is 13.1 Å². The molecular weight excluding hydrogens is 314 g/mol. The Hall–Kier alpha value is -0.170. The first kappa shape index (κ1) is 26.1. The topological polar surface area (TPSA) is 3.24 Å². The molecule has 0 aromatic heterocycles. The van der Waals surface area contributed by atoms with E-state index in [0.29, 0.717) is 0 Å². The second kappa shape index (κ2) is 22.8. The second-order valence-corrected chi connectivity index (χ2v) is 6.99. The summed E-state index contributed by atoms with van der Waals surface area (Å²) in [6.45, 7) is 9.00. The zero-order chi connectivity index (χ0) is 17.0. The van der Waals surface area contributed by atoms with Gasteiger partial charge in [-0.2, -0.15) is 0 Å². The van der Waals surface area contributed by atoms with Crippen LogP contribution in [0.2, 0.25) is 0 Å². The molecule has 2 heteroatoms. The van der Waals surface area contributed by atoms with Crippen molar-refractivity contribution in [3.63, 3.8) is 0 Å². The molecule has 0 radical (unpaired) electrons. The first-order chi connectivity index (χ1) is 11.3. The molecule has 0 aromatic carbocycles. The van der Waals surface area contributed by atoms with E-state index in [1.54, 1.807) is 0 Å². The molecule has 146 valence electrons. The van der Waals surface area contributed by atoms with Crippen LogP contribution < -0.4 is 0 Å². The second-order valence-electron chi connectivity index (χ2n) is 6.99. The molecule has 24 heavy (non-hydrogen) atoms. The molecule has 0 spiro atoms. The first-order valence-corrected chi connectivity index (χ1v) is 10.8. The summed E-state index contributed by atoms with van der Waals surface area (Å²) in [7, 11) is 0. The van der Waals surface area contributed by atoms with E-state index in [4.69, 9.17) is 0 Å². The van der Waals surface area contributed by atoms with Crippen molar-refractivity contribution in [1.82, 2.24) is 4.90 Å². The van der Waals surface area contributed by atoms with Crippen LogP contribution in [0, 0.1) is 0 Å². The van der Waals surface area contributed by atoms with Crippen LogP contribution in [0.25, 0.3) is 0 Å². The quantitative estimate of drug-likeness (QED) is 0.223. The fourth-order valence-electron chi connectivity index (χ4n) is 3.11. The summed E-state index contributed by atoms with van der Waals surface area (Å²) in [6.07, 6.45) is 26.1. The van der Waals surface area contributed by atoms with Crippen molar-refractivity contribution in [1.29, 1.82) is 0 Å². The largest absolute Gasteiger partial charge is 0.378 e. The van der Waals surface area contributed by atoms with Crippen molar-refractivity contribution >= 4 is 12.4 Å². The summed E-state index contributed by atoms with van der Waals surface area (Å²) >= 11 is 0. The SMILES string of the molecule is CCCCCCCCCCCCCCCCC=CN(CC)CC.Cl. The van der Waals surface area contributed by atoms with E-state index in [-0.39, 0.29) is 12.4 Å². The minimum atomic E-state index is 0. The fraction of sp³-hybridized carbons (Fsp3) is 0.909. The predicted molar refractivity (Wildman–Crippen MR) is 114 cm³/mol. The van der Waals surface area contributed by atoms with Gasteiger partial charge in [-0.3, -0.25) is 0 Å². The zero-order valence-electron chi connectivity index (χ0n) is 17.0. The molecule has 0 N–H and O–H groups in total. The van der Waals surface area contributed by atoms with Crippen LogP contribution in [0.1, 0.15) is 117 Å². The number of rotatable bonds is 18. The molecule has 0 atom stereocenters. The van der Waals surface area contributed by atoms with E-state index in [1.165, 1.54) is 96.3 Å². The maximum absolute atomic E-state index is 2.36. The summed E-state index contributed by atoms with van der Waals surface area (Å²) < 4.78 is 0. The Kier molecular flexibility index (Phi) is 24.8. The van der Waals surface area contributed by atoms with Crippen molar-refractivity contribution in [2.75, 3.05) is 13.1 Å². The van der Waals surface area contributed by atoms with Gasteiger partial charge >= 0.3 is 0 Å². The fourth-order valence-corrected chi connectivity index (χ4v) is 3.11. The summed E-state index contributed by atoms with van der Waals surface area (Å²) in [6, 6.07) is 0. The Morgan fingerprint density at radius 3 is 1.29 bits per heavy atom. The normalized spacial score (nSPS) is 11.0. The molecule has 0 aliphatic heterocycles. The summed E-state index contributed by atoms with van der Waals surface area (Å²) in [5, 5.41) is 0. The van der Waals surface area contributed by atoms with Gasteiger partial charge in [0.1, 0.15) is 0 Å². The minimum absolute atomic E-state index is 0. The molecule has 0 fully saturated rings. The monoisotopic (exact) mass is 359 g/mol. The number of hydrogen-bond donors (Lipinski definition) is 0.